The molecule has 84 valence electrons. The third-order valence-electron chi connectivity index (χ3n) is 3.03. The molecule has 1 N–H and O–H groups in total. The maximum Gasteiger partial charge on any atom is 0.0298 e. The van der Waals surface area contributed by atoms with Crippen molar-refractivity contribution in [2.45, 2.75) is 45.6 Å². The molecule has 1 rings (SSSR count). The van der Waals surface area contributed by atoms with Gasteiger partial charge in [-0.3, -0.25) is 0 Å². The highest BCUT2D eigenvalue weighted by atomic mass is 14.9. The monoisotopic (exact) mass is 205 g/mol. The molecular weight excluding hydrogens is 182 g/mol. The van der Waals surface area contributed by atoms with Crippen LogP contribution in [0.25, 0.3) is 0 Å². The Hall–Kier alpha value is -0.980. The normalized spacial score (nSPS) is 28.0. The van der Waals surface area contributed by atoms with Crippen LogP contribution in [0.1, 0.15) is 39.5 Å². The molecule has 2 atom stereocenters. The molecule has 2 unspecified atom stereocenters. The number of hydrogen-bond donors (Lipinski definition) is 1. The first-order valence-electron chi connectivity index (χ1n) is 5.98. The zero-order valence-electron chi connectivity index (χ0n) is 10.00. The van der Waals surface area contributed by atoms with Gasteiger partial charge in [0.1, 0.15) is 0 Å². The molecule has 0 aromatic rings. The molecule has 1 aliphatic rings. The molecule has 0 spiro atoms. The smallest absolute Gasteiger partial charge is 0.0298 e. The molecule has 0 aliphatic heterocycles. The fraction of sp³-hybridized carbons (Fsp3) is 0.571. The van der Waals surface area contributed by atoms with E-state index in [2.05, 4.69) is 37.9 Å². The van der Waals surface area contributed by atoms with Gasteiger partial charge in [0, 0.05) is 11.7 Å². The number of allylic oxidation sites excluding steroid dienone is 4. The van der Waals surface area contributed by atoms with Crippen LogP contribution < -0.4 is 5.32 Å². The van der Waals surface area contributed by atoms with Crippen molar-refractivity contribution in [3.63, 3.8) is 0 Å². The molecule has 0 aromatic heterocycles. The maximum absolute atomic E-state index is 3.68. The first kappa shape index (κ1) is 12.1. The maximum atomic E-state index is 3.68. The minimum Gasteiger partial charge on any atom is -0.383 e. The van der Waals surface area contributed by atoms with Crippen LogP contribution in [0.2, 0.25) is 0 Å². The summed E-state index contributed by atoms with van der Waals surface area (Å²) in [6.45, 7) is 8.11. The van der Waals surface area contributed by atoms with Gasteiger partial charge < -0.3 is 5.32 Å². The van der Waals surface area contributed by atoms with Crippen LogP contribution in [0.4, 0.5) is 0 Å². The van der Waals surface area contributed by atoms with Crippen molar-refractivity contribution in [1.82, 2.24) is 5.32 Å². The van der Waals surface area contributed by atoms with E-state index in [-0.39, 0.29) is 0 Å². The van der Waals surface area contributed by atoms with Crippen LogP contribution in [0.5, 0.6) is 0 Å². The fourth-order valence-corrected chi connectivity index (χ4v) is 2.20. The summed E-state index contributed by atoms with van der Waals surface area (Å²) in [5, 5.41) is 3.60. The molecule has 1 heteroatoms. The lowest BCUT2D eigenvalue weighted by Gasteiger charge is -2.28. The Morgan fingerprint density at radius 3 is 2.80 bits per heavy atom. The van der Waals surface area contributed by atoms with Gasteiger partial charge in [-0.05, 0) is 31.8 Å². The average Bonchev–Trinajstić information content (AvgIpc) is 2.24. The van der Waals surface area contributed by atoms with Crippen LogP contribution in [0.3, 0.4) is 0 Å². The van der Waals surface area contributed by atoms with Gasteiger partial charge in [0.2, 0.25) is 0 Å². The third kappa shape index (κ3) is 4.37. The minimum absolute atomic E-state index is 0.661. The first-order chi connectivity index (χ1) is 7.26. The third-order valence-corrected chi connectivity index (χ3v) is 3.03. The van der Waals surface area contributed by atoms with Gasteiger partial charge in [0.25, 0.3) is 0 Å². The van der Waals surface area contributed by atoms with Crippen molar-refractivity contribution in [3.8, 4) is 0 Å². The standard InChI is InChI=1S/C14H23N/c1-4-6-9-13(5-2)15-14-10-7-8-12(3)11-14/h4-6,9,12,14-15H,1,7-8,10-11H2,2-3H3/b9-6-,13-5+. The van der Waals surface area contributed by atoms with Crippen LogP contribution >= 0.6 is 0 Å². The van der Waals surface area contributed by atoms with E-state index in [4.69, 9.17) is 0 Å². The van der Waals surface area contributed by atoms with Crippen molar-refractivity contribution in [3.05, 3.63) is 36.6 Å². The largest absolute Gasteiger partial charge is 0.383 e. The summed E-state index contributed by atoms with van der Waals surface area (Å²) in [4.78, 5) is 0. The lowest BCUT2D eigenvalue weighted by atomic mass is 9.87. The quantitative estimate of drug-likeness (QED) is 0.688. The lowest BCUT2D eigenvalue weighted by molar-refractivity contribution is 0.317. The lowest BCUT2D eigenvalue weighted by Crippen LogP contribution is -2.32. The molecule has 1 saturated carbocycles. The van der Waals surface area contributed by atoms with Crippen molar-refractivity contribution in [2.75, 3.05) is 0 Å². The number of nitrogens with one attached hydrogen (secondary N) is 1. The summed E-state index contributed by atoms with van der Waals surface area (Å²) < 4.78 is 0. The van der Waals surface area contributed by atoms with Crippen LogP contribution in [-0.2, 0) is 0 Å². The summed E-state index contributed by atoms with van der Waals surface area (Å²) in [7, 11) is 0. The molecule has 0 saturated heterocycles. The minimum atomic E-state index is 0.661. The van der Waals surface area contributed by atoms with Crippen molar-refractivity contribution in [2.24, 2.45) is 5.92 Å². The highest BCUT2D eigenvalue weighted by Gasteiger charge is 2.18. The highest BCUT2D eigenvalue weighted by molar-refractivity contribution is 5.20. The number of hydrogen-bond acceptors (Lipinski definition) is 1. The van der Waals surface area contributed by atoms with Gasteiger partial charge in [0.05, 0.1) is 0 Å². The zero-order valence-corrected chi connectivity index (χ0v) is 10.00. The van der Waals surface area contributed by atoms with E-state index in [0.29, 0.717) is 6.04 Å². The van der Waals surface area contributed by atoms with Gasteiger partial charge >= 0.3 is 0 Å². The molecule has 0 heterocycles. The van der Waals surface area contributed by atoms with Crippen LogP contribution in [0, 0.1) is 5.92 Å². The molecule has 0 amide bonds. The van der Waals surface area contributed by atoms with E-state index < -0.39 is 0 Å². The topological polar surface area (TPSA) is 12.0 Å². The Labute approximate surface area is 94.0 Å². The molecule has 0 bridgehead atoms. The molecule has 1 nitrogen and oxygen atoms in total. The Morgan fingerprint density at radius 2 is 2.20 bits per heavy atom. The molecule has 0 aromatic carbocycles. The van der Waals surface area contributed by atoms with E-state index in [9.17, 15) is 0 Å². The summed E-state index contributed by atoms with van der Waals surface area (Å²) in [6.07, 6.45) is 13.4. The van der Waals surface area contributed by atoms with Crippen molar-refractivity contribution in [1.29, 1.82) is 0 Å². The van der Waals surface area contributed by atoms with Gasteiger partial charge in [-0.1, -0.05) is 44.6 Å². The predicted octanol–water partition coefficient (Wildman–Crippen LogP) is 3.80. The second-order valence-corrected chi connectivity index (χ2v) is 4.45. The Kier molecular flexibility index (Phi) is 5.23. The molecule has 1 fully saturated rings. The number of rotatable bonds is 4. The Bertz CT molecular complexity index is 250. The summed E-state index contributed by atoms with van der Waals surface area (Å²) in [5.41, 5.74) is 1.22. The van der Waals surface area contributed by atoms with E-state index in [1.54, 1.807) is 0 Å². The van der Waals surface area contributed by atoms with Gasteiger partial charge in [0.15, 0.2) is 0 Å². The summed E-state index contributed by atoms with van der Waals surface area (Å²) in [6, 6.07) is 0.661. The van der Waals surface area contributed by atoms with Crippen molar-refractivity contribution < 1.29 is 0 Å². The zero-order chi connectivity index (χ0) is 11.1. The van der Waals surface area contributed by atoms with E-state index in [0.717, 1.165) is 5.92 Å². The second-order valence-electron chi connectivity index (χ2n) is 4.45. The SMILES string of the molecule is C=C/C=C\C(=C/C)NC1CCCC(C)C1. The second kappa shape index (κ2) is 6.49. The van der Waals surface area contributed by atoms with Gasteiger partial charge in [-0.2, -0.15) is 0 Å². The summed E-state index contributed by atoms with van der Waals surface area (Å²) in [5.74, 6) is 0.873. The van der Waals surface area contributed by atoms with E-state index in [1.165, 1.54) is 31.4 Å². The average molecular weight is 205 g/mol. The molecular formula is C14H23N. The van der Waals surface area contributed by atoms with Gasteiger partial charge in [-0.25, -0.2) is 0 Å². The molecule has 15 heavy (non-hydrogen) atoms. The van der Waals surface area contributed by atoms with Crippen molar-refractivity contribution >= 4 is 0 Å². The highest BCUT2D eigenvalue weighted by Crippen LogP contribution is 2.24. The van der Waals surface area contributed by atoms with Crippen LogP contribution in [-0.4, -0.2) is 6.04 Å². The predicted molar refractivity (Wildman–Crippen MR) is 67.6 cm³/mol. The Balaban J connectivity index is 2.44. The van der Waals surface area contributed by atoms with E-state index >= 15 is 0 Å². The molecule has 1 aliphatic carbocycles. The first-order valence-corrected chi connectivity index (χ1v) is 5.98. The summed E-state index contributed by atoms with van der Waals surface area (Å²) >= 11 is 0. The molecule has 0 radical (unpaired) electrons. The van der Waals surface area contributed by atoms with Gasteiger partial charge in [-0.15, -0.1) is 0 Å². The van der Waals surface area contributed by atoms with Crippen LogP contribution in [0.15, 0.2) is 36.6 Å². The Morgan fingerprint density at radius 1 is 1.40 bits per heavy atom. The fourth-order valence-electron chi connectivity index (χ4n) is 2.20. The van der Waals surface area contributed by atoms with E-state index in [1.807, 2.05) is 12.2 Å².